The van der Waals surface area contributed by atoms with Crippen LogP contribution in [0.5, 0.6) is 0 Å². The Hall–Kier alpha value is -0.980. The molecule has 3 N–H and O–H groups in total. The molecule has 0 bridgehead atoms. The van der Waals surface area contributed by atoms with Gasteiger partial charge in [0.05, 0.1) is 17.1 Å². The van der Waals surface area contributed by atoms with Crippen LogP contribution in [0.25, 0.3) is 0 Å². The predicted molar refractivity (Wildman–Crippen MR) is 93.5 cm³/mol. The molecule has 2 aliphatic rings. The van der Waals surface area contributed by atoms with E-state index in [0.29, 0.717) is 11.8 Å². The van der Waals surface area contributed by atoms with Crippen molar-refractivity contribution in [1.82, 2.24) is 15.2 Å². The van der Waals surface area contributed by atoms with Crippen molar-refractivity contribution in [2.24, 2.45) is 11.1 Å². The normalized spacial score (nSPS) is 24.0. The third-order valence-electron chi connectivity index (χ3n) is 5.15. The van der Waals surface area contributed by atoms with Crippen molar-refractivity contribution in [1.29, 1.82) is 0 Å². The first-order chi connectivity index (χ1) is 11.2. The van der Waals surface area contributed by atoms with Gasteiger partial charge >= 0.3 is 0 Å². The van der Waals surface area contributed by atoms with E-state index in [1.165, 1.54) is 6.42 Å². The molecule has 5 nitrogen and oxygen atoms in total. The molecule has 3 heterocycles. The fraction of sp³-hybridized carbons (Fsp3) is 0.765. The molecule has 1 unspecified atom stereocenters. The fourth-order valence-electron chi connectivity index (χ4n) is 3.70. The number of likely N-dealkylation sites (tertiary alicyclic amines) is 1. The monoisotopic (exact) mass is 336 g/mol. The number of unbranched alkanes of at least 4 members (excludes halogenated alkanes) is 2. The second-order valence-corrected chi connectivity index (χ2v) is 7.94. The molecule has 128 valence electrons. The van der Waals surface area contributed by atoms with Crippen LogP contribution in [-0.4, -0.2) is 48.5 Å². The van der Waals surface area contributed by atoms with E-state index in [1.807, 2.05) is 4.90 Å². The van der Waals surface area contributed by atoms with Gasteiger partial charge in [-0.2, -0.15) is 0 Å². The zero-order valence-corrected chi connectivity index (χ0v) is 14.7. The number of thiazole rings is 1. The lowest BCUT2D eigenvalue weighted by Crippen LogP contribution is -2.34. The molecule has 23 heavy (non-hydrogen) atoms. The Balaban J connectivity index is 1.46. The molecule has 0 saturated carbocycles. The van der Waals surface area contributed by atoms with Crippen LogP contribution >= 0.6 is 11.3 Å². The van der Waals surface area contributed by atoms with E-state index >= 15 is 0 Å². The largest absolute Gasteiger partial charge is 0.342 e. The molecule has 1 amide bonds. The highest BCUT2D eigenvalue weighted by atomic mass is 32.1. The minimum Gasteiger partial charge on any atom is -0.342 e. The number of nitrogens with zero attached hydrogens (tertiary/aromatic N) is 2. The first-order valence-electron chi connectivity index (χ1n) is 8.83. The number of aryl methyl sites for hydroxylation is 1. The van der Waals surface area contributed by atoms with E-state index in [1.54, 1.807) is 11.3 Å². The minimum absolute atomic E-state index is 0.244. The Morgan fingerprint density at radius 1 is 1.39 bits per heavy atom. The number of amides is 1. The van der Waals surface area contributed by atoms with Gasteiger partial charge in [0.15, 0.2) is 0 Å². The summed E-state index contributed by atoms with van der Waals surface area (Å²) in [5.41, 5.74) is 6.81. The number of nitrogens with one attached hydrogen (secondary N) is 1. The van der Waals surface area contributed by atoms with E-state index in [0.717, 1.165) is 75.5 Å². The lowest BCUT2D eigenvalue weighted by molar-refractivity contribution is -0.129. The average molecular weight is 337 g/mol. The van der Waals surface area contributed by atoms with Crippen LogP contribution in [0.4, 0.5) is 0 Å². The van der Waals surface area contributed by atoms with Crippen LogP contribution in [0.3, 0.4) is 0 Å². The number of aromatic nitrogens is 1. The number of rotatable bonds is 7. The van der Waals surface area contributed by atoms with E-state index in [-0.39, 0.29) is 5.91 Å². The van der Waals surface area contributed by atoms with Gasteiger partial charge < -0.3 is 16.0 Å². The topological polar surface area (TPSA) is 71.2 Å². The predicted octanol–water partition coefficient (Wildman–Crippen LogP) is 1.57. The second-order valence-electron chi connectivity index (χ2n) is 7.00. The van der Waals surface area contributed by atoms with Crippen molar-refractivity contribution in [3.63, 3.8) is 0 Å². The number of carbonyl (C=O) groups excluding carboxylic acids is 1. The third-order valence-corrected chi connectivity index (χ3v) is 6.11. The van der Waals surface area contributed by atoms with Crippen molar-refractivity contribution in [3.8, 4) is 0 Å². The van der Waals surface area contributed by atoms with Crippen LogP contribution in [0.2, 0.25) is 0 Å². The molecule has 2 fully saturated rings. The van der Waals surface area contributed by atoms with Crippen molar-refractivity contribution in [2.45, 2.75) is 44.9 Å². The molecule has 1 atom stereocenters. The van der Waals surface area contributed by atoms with Crippen LogP contribution in [0.1, 0.15) is 42.8 Å². The first-order valence-corrected chi connectivity index (χ1v) is 9.71. The number of hydrogen-bond donors (Lipinski definition) is 2. The van der Waals surface area contributed by atoms with E-state index in [9.17, 15) is 4.79 Å². The zero-order valence-electron chi connectivity index (χ0n) is 13.9. The molecular weight excluding hydrogens is 308 g/mol. The van der Waals surface area contributed by atoms with E-state index < -0.39 is 0 Å². The highest BCUT2D eigenvalue weighted by Gasteiger charge is 2.41. The molecular formula is C17H28N4OS. The molecule has 6 heteroatoms. The Morgan fingerprint density at radius 2 is 2.30 bits per heavy atom. The Bertz CT molecular complexity index is 524. The van der Waals surface area contributed by atoms with Crippen LogP contribution in [0.15, 0.2) is 5.38 Å². The second kappa shape index (κ2) is 7.73. The molecule has 3 rings (SSSR count). The number of hydrogen-bond acceptors (Lipinski definition) is 5. The SMILES string of the molecule is NCCCCCc1nc(CC(=O)N2CCC3(CCNC3)C2)cs1. The summed E-state index contributed by atoms with van der Waals surface area (Å²) in [6, 6.07) is 0. The van der Waals surface area contributed by atoms with Gasteiger partial charge in [0.2, 0.25) is 5.91 Å². The van der Waals surface area contributed by atoms with Crippen molar-refractivity contribution >= 4 is 17.2 Å². The molecule has 0 aliphatic carbocycles. The fourth-order valence-corrected chi connectivity index (χ4v) is 4.54. The van der Waals surface area contributed by atoms with Gasteiger partial charge in [-0.25, -0.2) is 4.98 Å². The van der Waals surface area contributed by atoms with Crippen LogP contribution in [0, 0.1) is 5.41 Å². The molecule has 1 aromatic heterocycles. The standard InChI is InChI=1S/C17H28N4OS/c18-7-3-1-2-4-15-20-14(11-23-15)10-16(22)21-9-6-17(13-21)5-8-19-12-17/h11,19H,1-10,12-13,18H2. The number of carbonyl (C=O) groups is 1. The summed E-state index contributed by atoms with van der Waals surface area (Å²) in [5, 5.41) is 6.65. The Kier molecular flexibility index (Phi) is 5.67. The Morgan fingerprint density at radius 3 is 3.09 bits per heavy atom. The highest BCUT2D eigenvalue weighted by molar-refractivity contribution is 7.09. The molecule has 1 spiro atoms. The van der Waals surface area contributed by atoms with Gasteiger partial charge in [0.25, 0.3) is 0 Å². The maximum atomic E-state index is 12.5. The summed E-state index contributed by atoms with van der Waals surface area (Å²) in [7, 11) is 0. The molecule has 0 radical (unpaired) electrons. The molecule has 2 aliphatic heterocycles. The van der Waals surface area contributed by atoms with Gasteiger partial charge in [-0.15, -0.1) is 11.3 Å². The molecule has 0 aromatic carbocycles. The zero-order chi connectivity index (χ0) is 16.1. The summed E-state index contributed by atoms with van der Waals surface area (Å²) < 4.78 is 0. The smallest absolute Gasteiger partial charge is 0.228 e. The van der Waals surface area contributed by atoms with Crippen molar-refractivity contribution < 1.29 is 4.79 Å². The van der Waals surface area contributed by atoms with Gasteiger partial charge in [-0.3, -0.25) is 4.79 Å². The first kappa shape index (κ1) is 16.9. The summed E-state index contributed by atoms with van der Waals surface area (Å²) in [6.07, 6.45) is 7.21. The third kappa shape index (κ3) is 4.31. The van der Waals surface area contributed by atoms with E-state index in [4.69, 9.17) is 5.73 Å². The molecule has 2 saturated heterocycles. The van der Waals surface area contributed by atoms with Crippen molar-refractivity contribution in [3.05, 3.63) is 16.1 Å². The van der Waals surface area contributed by atoms with Gasteiger partial charge in [0, 0.05) is 30.4 Å². The summed E-state index contributed by atoms with van der Waals surface area (Å²) in [4.78, 5) is 19.2. The Labute approximate surface area is 142 Å². The van der Waals surface area contributed by atoms with Gasteiger partial charge in [-0.1, -0.05) is 6.42 Å². The summed E-state index contributed by atoms with van der Waals surface area (Å²) in [6.45, 7) is 4.78. The number of nitrogens with two attached hydrogens (primary N) is 1. The molecule has 1 aromatic rings. The summed E-state index contributed by atoms with van der Waals surface area (Å²) >= 11 is 1.69. The van der Waals surface area contributed by atoms with E-state index in [2.05, 4.69) is 15.7 Å². The maximum absolute atomic E-state index is 12.5. The quantitative estimate of drug-likeness (QED) is 0.742. The summed E-state index contributed by atoms with van der Waals surface area (Å²) in [5.74, 6) is 0.244. The average Bonchev–Trinajstić information content (AvgIpc) is 3.27. The lowest BCUT2D eigenvalue weighted by Gasteiger charge is -2.22. The van der Waals surface area contributed by atoms with Crippen LogP contribution < -0.4 is 11.1 Å². The van der Waals surface area contributed by atoms with Gasteiger partial charge in [-0.05, 0) is 45.2 Å². The maximum Gasteiger partial charge on any atom is 0.228 e. The van der Waals surface area contributed by atoms with Crippen molar-refractivity contribution in [2.75, 3.05) is 32.7 Å². The highest BCUT2D eigenvalue weighted by Crippen LogP contribution is 2.36. The lowest BCUT2D eigenvalue weighted by atomic mass is 9.86. The van der Waals surface area contributed by atoms with Gasteiger partial charge in [0.1, 0.15) is 0 Å². The minimum atomic E-state index is 0.244. The van der Waals surface area contributed by atoms with Crippen LogP contribution in [-0.2, 0) is 17.6 Å².